The number of carboxylic acid groups (broad SMARTS) is 1. The van der Waals surface area contributed by atoms with Crippen LogP contribution in [-0.2, 0) is 7.05 Å². The summed E-state index contributed by atoms with van der Waals surface area (Å²) in [6.07, 6.45) is 1.99. The topological polar surface area (TPSA) is 55.1 Å². The van der Waals surface area contributed by atoms with Crippen molar-refractivity contribution in [2.24, 2.45) is 7.05 Å². The SMILES string of the molecule is Cn1ccc2cc(-c3c(C#Cc4cscn4)cccc3C(=O)O)ccc21. The molecular weight excluding hydrogens is 344 g/mol. The Morgan fingerprint density at radius 3 is 2.85 bits per heavy atom. The van der Waals surface area contributed by atoms with Crippen molar-refractivity contribution in [1.29, 1.82) is 0 Å². The highest BCUT2D eigenvalue weighted by Crippen LogP contribution is 2.30. The maximum atomic E-state index is 11.8. The molecule has 0 aliphatic rings. The van der Waals surface area contributed by atoms with Crippen LogP contribution in [0, 0.1) is 11.8 Å². The molecule has 0 amide bonds. The Morgan fingerprint density at radius 1 is 1.19 bits per heavy atom. The van der Waals surface area contributed by atoms with Crippen molar-refractivity contribution in [3.63, 3.8) is 0 Å². The Balaban J connectivity index is 1.93. The maximum absolute atomic E-state index is 11.8. The van der Waals surface area contributed by atoms with E-state index in [0.717, 1.165) is 16.5 Å². The number of rotatable bonds is 2. The molecule has 2 aromatic carbocycles. The summed E-state index contributed by atoms with van der Waals surface area (Å²) in [4.78, 5) is 15.9. The van der Waals surface area contributed by atoms with Crippen LogP contribution in [0.1, 0.15) is 21.6 Å². The summed E-state index contributed by atoms with van der Waals surface area (Å²) < 4.78 is 2.03. The lowest BCUT2D eigenvalue weighted by molar-refractivity contribution is 0.0697. The Bertz CT molecular complexity index is 1180. The van der Waals surface area contributed by atoms with E-state index < -0.39 is 5.97 Å². The quantitative estimate of drug-likeness (QED) is 0.540. The monoisotopic (exact) mass is 358 g/mol. The fourth-order valence-corrected chi connectivity index (χ4v) is 3.47. The molecule has 0 unspecified atom stereocenters. The number of thiazole rings is 1. The number of carbonyl (C=O) groups is 1. The Hall–Kier alpha value is -3.36. The largest absolute Gasteiger partial charge is 0.478 e. The van der Waals surface area contributed by atoms with E-state index in [1.54, 1.807) is 17.6 Å². The third-order valence-electron chi connectivity index (χ3n) is 4.23. The lowest BCUT2D eigenvalue weighted by atomic mass is 9.93. The van der Waals surface area contributed by atoms with E-state index in [4.69, 9.17) is 0 Å². The van der Waals surface area contributed by atoms with E-state index in [2.05, 4.69) is 16.8 Å². The van der Waals surface area contributed by atoms with Gasteiger partial charge in [0, 0.05) is 40.7 Å². The highest BCUT2D eigenvalue weighted by atomic mass is 32.1. The number of aromatic nitrogens is 2. The number of hydrogen-bond donors (Lipinski definition) is 1. The summed E-state index contributed by atoms with van der Waals surface area (Å²) in [7, 11) is 1.98. The molecule has 0 saturated carbocycles. The molecule has 0 radical (unpaired) electrons. The summed E-state index contributed by atoms with van der Waals surface area (Å²) in [6, 6.07) is 13.1. The molecule has 4 aromatic rings. The number of benzene rings is 2. The molecule has 0 fully saturated rings. The van der Waals surface area contributed by atoms with Crippen LogP contribution in [0.25, 0.3) is 22.0 Å². The van der Waals surface area contributed by atoms with Gasteiger partial charge in [0.1, 0.15) is 5.69 Å². The van der Waals surface area contributed by atoms with Crippen molar-refractivity contribution in [3.8, 4) is 23.0 Å². The van der Waals surface area contributed by atoms with Crippen molar-refractivity contribution in [1.82, 2.24) is 9.55 Å². The molecule has 2 aromatic heterocycles. The van der Waals surface area contributed by atoms with Gasteiger partial charge in [0.05, 0.1) is 11.1 Å². The highest BCUT2D eigenvalue weighted by molar-refractivity contribution is 7.07. The number of hydrogen-bond acceptors (Lipinski definition) is 3. The van der Waals surface area contributed by atoms with Crippen molar-refractivity contribution in [3.05, 3.63) is 76.4 Å². The van der Waals surface area contributed by atoms with E-state index in [-0.39, 0.29) is 5.56 Å². The number of fused-ring (bicyclic) bond motifs is 1. The molecule has 2 heterocycles. The minimum Gasteiger partial charge on any atom is -0.478 e. The molecule has 0 aliphatic carbocycles. The Kier molecular flexibility index (Phi) is 4.04. The second-order valence-corrected chi connectivity index (χ2v) is 6.58. The van der Waals surface area contributed by atoms with Crippen molar-refractivity contribution in [2.75, 3.05) is 0 Å². The molecule has 4 nitrogen and oxygen atoms in total. The van der Waals surface area contributed by atoms with Gasteiger partial charge in [-0.25, -0.2) is 9.78 Å². The van der Waals surface area contributed by atoms with Gasteiger partial charge >= 0.3 is 5.97 Å². The zero-order chi connectivity index (χ0) is 18.1. The molecule has 0 bridgehead atoms. The summed E-state index contributed by atoms with van der Waals surface area (Å²) in [6.45, 7) is 0. The van der Waals surface area contributed by atoms with Crippen LogP contribution in [0.2, 0.25) is 0 Å². The molecule has 0 atom stereocenters. The van der Waals surface area contributed by atoms with Gasteiger partial charge in [0.2, 0.25) is 0 Å². The minimum absolute atomic E-state index is 0.241. The van der Waals surface area contributed by atoms with E-state index in [0.29, 0.717) is 16.8 Å². The maximum Gasteiger partial charge on any atom is 0.336 e. The second-order valence-electron chi connectivity index (χ2n) is 5.86. The van der Waals surface area contributed by atoms with Gasteiger partial charge in [0.15, 0.2) is 0 Å². The zero-order valence-corrected chi connectivity index (χ0v) is 14.7. The lowest BCUT2D eigenvalue weighted by Gasteiger charge is -2.10. The lowest BCUT2D eigenvalue weighted by Crippen LogP contribution is -2.01. The predicted octanol–water partition coefficient (Wildman–Crippen LogP) is 4.40. The van der Waals surface area contributed by atoms with Crippen molar-refractivity contribution in [2.45, 2.75) is 0 Å². The average molecular weight is 358 g/mol. The average Bonchev–Trinajstić information content (AvgIpc) is 3.29. The van der Waals surface area contributed by atoms with E-state index in [9.17, 15) is 9.90 Å². The number of carboxylic acids is 1. The first-order chi connectivity index (χ1) is 12.6. The van der Waals surface area contributed by atoms with Crippen LogP contribution in [-0.4, -0.2) is 20.6 Å². The van der Waals surface area contributed by atoms with Crippen LogP contribution in [0.5, 0.6) is 0 Å². The smallest absolute Gasteiger partial charge is 0.336 e. The summed E-state index contributed by atoms with van der Waals surface area (Å²) in [5.41, 5.74) is 5.88. The minimum atomic E-state index is -0.967. The number of aromatic carboxylic acids is 1. The fraction of sp³-hybridized carbons (Fsp3) is 0.0476. The second kappa shape index (κ2) is 6.51. The van der Waals surface area contributed by atoms with Crippen LogP contribution in [0.3, 0.4) is 0 Å². The van der Waals surface area contributed by atoms with Gasteiger partial charge in [0.25, 0.3) is 0 Å². The Morgan fingerprint density at radius 2 is 2.08 bits per heavy atom. The molecule has 4 rings (SSSR count). The van der Waals surface area contributed by atoms with E-state index in [1.165, 1.54) is 11.3 Å². The van der Waals surface area contributed by atoms with Gasteiger partial charge < -0.3 is 9.67 Å². The van der Waals surface area contributed by atoms with Crippen LogP contribution in [0.4, 0.5) is 0 Å². The van der Waals surface area contributed by atoms with Gasteiger partial charge in [-0.1, -0.05) is 18.1 Å². The fourth-order valence-electron chi connectivity index (χ4n) is 2.99. The molecule has 26 heavy (non-hydrogen) atoms. The summed E-state index contributed by atoms with van der Waals surface area (Å²) in [5.74, 6) is 5.13. The normalized spacial score (nSPS) is 10.5. The molecule has 0 aliphatic heterocycles. The number of aryl methyl sites for hydroxylation is 1. The van der Waals surface area contributed by atoms with Crippen molar-refractivity contribution < 1.29 is 9.90 Å². The first-order valence-corrected chi connectivity index (χ1v) is 8.90. The molecule has 0 spiro atoms. The molecule has 5 heteroatoms. The van der Waals surface area contributed by atoms with E-state index >= 15 is 0 Å². The summed E-state index contributed by atoms with van der Waals surface area (Å²) >= 11 is 1.48. The molecular formula is C21H14N2O2S. The van der Waals surface area contributed by atoms with Crippen LogP contribution in [0.15, 0.2) is 59.6 Å². The standard InChI is InChI=1S/C21H14N2O2S/c1-23-10-9-15-11-16(6-8-19(15)23)20-14(3-2-4-18(20)21(24)25)5-7-17-12-26-13-22-17/h2-4,6,8-13H,1H3,(H,24,25). The van der Waals surface area contributed by atoms with Crippen LogP contribution >= 0.6 is 11.3 Å². The zero-order valence-electron chi connectivity index (χ0n) is 13.9. The first kappa shape index (κ1) is 16.1. The number of nitrogens with zero attached hydrogens (tertiary/aromatic N) is 2. The van der Waals surface area contributed by atoms with Gasteiger partial charge in [-0.2, -0.15) is 0 Å². The molecule has 0 saturated heterocycles. The Labute approximate surface area is 154 Å². The van der Waals surface area contributed by atoms with Crippen LogP contribution < -0.4 is 0 Å². The first-order valence-electron chi connectivity index (χ1n) is 7.95. The summed E-state index contributed by atoms with van der Waals surface area (Å²) in [5, 5.41) is 12.6. The third-order valence-corrected chi connectivity index (χ3v) is 4.81. The predicted molar refractivity (Wildman–Crippen MR) is 103 cm³/mol. The van der Waals surface area contributed by atoms with Gasteiger partial charge in [-0.15, -0.1) is 11.3 Å². The third kappa shape index (κ3) is 2.87. The molecule has 1 N–H and O–H groups in total. The van der Waals surface area contributed by atoms with Gasteiger partial charge in [-0.05, 0) is 41.8 Å². The van der Waals surface area contributed by atoms with Gasteiger partial charge in [-0.3, -0.25) is 0 Å². The van der Waals surface area contributed by atoms with Crippen molar-refractivity contribution >= 4 is 28.2 Å². The van der Waals surface area contributed by atoms with E-state index in [1.807, 2.05) is 53.5 Å². The highest BCUT2D eigenvalue weighted by Gasteiger charge is 2.15. The molecule has 126 valence electrons.